The van der Waals surface area contributed by atoms with Crippen molar-refractivity contribution in [1.29, 1.82) is 0 Å². The third-order valence-electron chi connectivity index (χ3n) is 10.5. The molecule has 18 heteroatoms. The maximum Gasteiger partial charge on any atom is 0.393 e. The molecule has 2 aliphatic rings. The highest BCUT2D eigenvalue weighted by Gasteiger charge is 2.46. The molecule has 2 saturated heterocycles. The van der Waals surface area contributed by atoms with Gasteiger partial charge in [-0.1, -0.05) is 60.7 Å². The average molecular weight is 818 g/mol. The van der Waals surface area contributed by atoms with Crippen molar-refractivity contribution in [3.63, 3.8) is 0 Å². The minimum Gasteiger partial charge on any atom is -0.370 e. The molecule has 3 heterocycles. The van der Waals surface area contributed by atoms with E-state index in [9.17, 15) is 42.1 Å². The summed E-state index contributed by atoms with van der Waals surface area (Å²) in [7, 11) is -1.22. The fourth-order valence-corrected chi connectivity index (χ4v) is 7.71. The molecule has 0 spiro atoms. The SMILES string of the molecule is CC(=O)N1CC[C@H]2CC[C@@H](C(=O)N[C@@H](CCC(N)=O)C(=O)NC(c3ccccc3)c3ccccc3)N2C(=O)[C@@H](NC(=O)c2cc3cc(C(F)(F)OP=O)ccc3[nH]2)C1. The van der Waals surface area contributed by atoms with Crippen LogP contribution in [0.4, 0.5) is 8.78 Å². The van der Waals surface area contributed by atoms with Gasteiger partial charge in [0.1, 0.15) is 23.8 Å². The molecule has 58 heavy (non-hydrogen) atoms. The van der Waals surface area contributed by atoms with Crippen LogP contribution in [0.2, 0.25) is 0 Å². The van der Waals surface area contributed by atoms with Crippen LogP contribution in [-0.2, 0) is 39.2 Å². The van der Waals surface area contributed by atoms with Gasteiger partial charge in [-0.3, -0.25) is 28.8 Å². The summed E-state index contributed by atoms with van der Waals surface area (Å²) in [4.78, 5) is 86.4. The molecule has 3 aromatic carbocycles. The van der Waals surface area contributed by atoms with Gasteiger partial charge in [0.05, 0.1) is 11.6 Å². The van der Waals surface area contributed by atoms with E-state index < -0.39 is 80.1 Å². The van der Waals surface area contributed by atoms with E-state index >= 15 is 0 Å². The van der Waals surface area contributed by atoms with Crippen LogP contribution in [0.15, 0.2) is 84.9 Å². The van der Waals surface area contributed by atoms with Crippen LogP contribution in [0.25, 0.3) is 10.9 Å². The minimum absolute atomic E-state index is 0.0811. The van der Waals surface area contributed by atoms with Gasteiger partial charge in [0, 0.05) is 43.4 Å². The Morgan fingerprint density at radius 1 is 0.948 bits per heavy atom. The Hall–Kier alpha value is -6.06. The summed E-state index contributed by atoms with van der Waals surface area (Å²) in [6.45, 7) is 1.35. The molecule has 2 fully saturated rings. The van der Waals surface area contributed by atoms with E-state index in [1.165, 1.54) is 28.9 Å². The first-order chi connectivity index (χ1) is 27.7. The molecule has 0 bridgehead atoms. The number of aromatic nitrogens is 1. The Labute approximate surface area is 333 Å². The van der Waals surface area contributed by atoms with Crippen molar-refractivity contribution in [2.75, 3.05) is 13.1 Å². The van der Waals surface area contributed by atoms with E-state index in [1.54, 1.807) is 0 Å². The normalized spacial score (nSPS) is 19.0. The van der Waals surface area contributed by atoms with Crippen LogP contribution in [0.5, 0.6) is 0 Å². The molecule has 6 amide bonds. The summed E-state index contributed by atoms with van der Waals surface area (Å²) in [5.41, 5.74) is 6.64. The summed E-state index contributed by atoms with van der Waals surface area (Å²) < 4.78 is 43.2. The van der Waals surface area contributed by atoms with Crippen molar-refractivity contribution >= 4 is 55.0 Å². The average Bonchev–Trinajstić information content (AvgIpc) is 3.83. The maximum atomic E-state index is 14.4. The smallest absolute Gasteiger partial charge is 0.370 e. The lowest BCUT2D eigenvalue weighted by atomic mass is 9.98. The molecule has 4 atom stereocenters. The van der Waals surface area contributed by atoms with Gasteiger partial charge < -0.3 is 36.5 Å². The van der Waals surface area contributed by atoms with E-state index in [0.29, 0.717) is 18.4 Å². The Morgan fingerprint density at radius 3 is 2.24 bits per heavy atom. The summed E-state index contributed by atoms with van der Waals surface area (Å²) in [6.07, 6.45) is -3.24. The Bertz CT molecular complexity index is 2150. The maximum absolute atomic E-state index is 14.4. The number of nitrogens with two attached hydrogens (primary N) is 1. The number of benzene rings is 3. The van der Waals surface area contributed by atoms with E-state index in [0.717, 1.165) is 23.3 Å². The van der Waals surface area contributed by atoms with Crippen LogP contribution < -0.4 is 21.7 Å². The Kier molecular flexibility index (Phi) is 12.9. The Balaban J connectivity index is 1.23. The lowest BCUT2D eigenvalue weighted by Gasteiger charge is -2.38. The molecule has 15 nitrogen and oxygen atoms in total. The number of halogens is 2. The highest BCUT2D eigenvalue weighted by atomic mass is 31.1. The van der Waals surface area contributed by atoms with E-state index in [4.69, 9.17) is 5.73 Å². The number of nitrogens with one attached hydrogen (secondary N) is 4. The quantitative estimate of drug-likeness (QED) is 0.118. The molecular weight excluding hydrogens is 775 g/mol. The zero-order chi connectivity index (χ0) is 41.6. The molecule has 0 aliphatic carbocycles. The molecule has 304 valence electrons. The van der Waals surface area contributed by atoms with Gasteiger partial charge in [0.15, 0.2) is 0 Å². The zero-order valence-electron chi connectivity index (χ0n) is 31.4. The Morgan fingerprint density at radius 2 is 1.62 bits per heavy atom. The molecule has 4 aromatic rings. The van der Waals surface area contributed by atoms with Gasteiger partial charge in [-0.25, -0.2) is 9.09 Å². The predicted octanol–water partition coefficient (Wildman–Crippen LogP) is 3.81. The first-order valence-electron chi connectivity index (χ1n) is 18.6. The monoisotopic (exact) mass is 817 g/mol. The number of rotatable bonds is 14. The predicted molar refractivity (Wildman–Crippen MR) is 206 cm³/mol. The van der Waals surface area contributed by atoms with E-state index in [2.05, 4.69) is 25.5 Å². The number of hydrogen-bond donors (Lipinski definition) is 5. The number of carbonyl (C=O) groups excluding carboxylic acids is 6. The molecular formula is C40H42F2N7O8P. The second kappa shape index (κ2) is 18.0. The topological polar surface area (TPSA) is 213 Å². The summed E-state index contributed by atoms with van der Waals surface area (Å²) >= 11 is 0. The third-order valence-corrected chi connectivity index (χ3v) is 10.8. The lowest BCUT2D eigenvalue weighted by Crippen LogP contribution is -2.62. The molecule has 6 N–H and O–H groups in total. The van der Waals surface area contributed by atoms with Crippen molar-refractivity contribution in [2.45, 2.75) is 75.3 Å². The second-order valence-corrected chi connectivity index (χ2v) is 14.6. The van der Waals surface area contributed by atoms with Crippen LogP contribution in [0, 0.1) is 0 Å². The number of hydrogen-bond acceptors (Lipinski definition) is 8. The fourth-order valence-electron chi connectivity index (χ4n) is 7.51. The fraction of sp³-hybridized carbons (Fsp3) is 0.350. The van der Waals surface area contributed by atoms with Gasteiger partial charge in [0.2, 0.25) is 29.5 Å². The molecule has 1 aromatic heterocycles. The number of amides is 6. The third kappa shape index (κ3) is 9.55. The number of aromatic amines is 1. The number of fused-ring (bicyclic) bond motifs is 2. The van der Waals surface area contributed by atoms with E-state index in [1.807, 2.05) is 60.7 Å². The molecule has 0 unspecified atom stereocenters. The first kappa shape index (κ1) is 41.6. The van der Waals surface area contributed by atoms with Crippen molar-refractivity contribution in [3.05, 3.63) is 107 Å². The molecule has 0 saturated carbocycles. The number of nitrogens with zero attached hydrogens (tertiary/aromatic N) is 2. The first-order valence-corrected chi connectivity index (χ1v) is 19.4. The van der Waals surface area contributed by atoms with Crippen molar-refractivity contribution in [1.82, 2.24) is 30.7 Å². The zero-order valence-corrected chi connectivity index (χ0v) is 32.3. The van der Waals surface area contributed by atoms with E-state index in [-0.39, 0.29) is 49.3 Å². The van der Waals surface area contributed by atoms with Crippen molar-refractivity contribution in [3.8, 4) is 0 Å². The largest absolute Gasteiger partial charge is 0.393 e. The second-order valence-electron chi connectivity index (χ2n) is 14.3. The molecule has 0 radical (unpaired) electrons. The van der Waals surface area contributed by atoms with Gasteiger partial charge in [0.25, 0.3) is 5.91 Å². The highest BCUT2D eigenvalue weighted by molar-refractivity contribution is 7.17. The van der Waals surface area contributed by atoms with Gasteiger partial charge in [-0.15, -0.1) is 0 Å². The van der Waals surface area contributed by atoms with Crippen LogP contribution in [0.1, 0.15) is 72.2 Å². The summed E-state index contributed by atoms with van der Waals surface area (Å²) in [5, 5.41) is 8.64. The summed E-state index contributed by atoms with van der Waals surface area (Å²) in [6, 6.07) is 18.4. The summed E-state index contributed by atoms with van der Waals surface area (Å²) in [5.74, 6) is -3.65. The lowest BCUT2D eigenvalue weighted by molar-refractivity contribution is -0.178. The van der Waals surface area contributed by atoms with Crippen LogP contribution in [-0.4, -0.2) is 87.5 Å². The number of H-pyrrole nitrogens is 1. The standard InChI is InChI=1S/C40H42F2N7O8P/c1-23(50)48-19-18-28-13-16-33(38(54)45-30(15-17-34(43)51)36(52)47-35(24-8-4-2-5-9-24)25-10-6-3-7-11-25)49(28)39(55)32(22-48)46-37(53)31-21-26-20-27(12-14-29(26)44-31)40(41,42)57-58-56/h2-12,14,20-21,28,30,32-33,35,44H,13,15-19,22H2,1H3,(H2,43,51)(H,45,54)(H,46,53)(H,47,52)/t28-,30+,32+,33+/m1/s1. The number of carbonyl (C=O) groups is 6. The number of primary amides is 1. The number of alkyl halides is 2. The van der Waals surface area contributed by atoms with Crippen molar-refractivity contribution in [2.24, 2.45) is 5.73 Å². The van der Waals surface area contributed by atoms with Gasteiger partial charge in [-0.05, 0) is 61.1 Å². The molecule has 6 rings (SSSR count). The highest BCUT2D eigenvalue weighted by Crippen LogP contribution is 2.35. The minimum atomic E-state index is -3.87. The van der Waals surface area contributed by atoms with Crippen molar-refractivity contribution < 1.29 is 46.6 Å². The van der Waals surface area contributed by atoms with Gasteiger partial charge >= 0.3 is 14.8 Å². The van der Waals surface area contributed by atoms with Crippen LogP contribution in [0.3, 0.4) is 0 Å². The van der Waals surface area contributed by atoms with Crippen LogP contribution >= 0.6 is 8.69 Å². The molecule has 2 aliphatic heterocycles. The van der Waals surface area contributed by atoms with Gasteiger partial charge in [-0.2, -0.15) is 8.78 Å².